The van der Waals surface area contributed by atoms with Gasteiger partial charge in [-0.05, 0) is 34.1 Å². The van der Waals surface area contributed by atoms with Crippen LogP contribution < -0.4 is 0 Å². The molecule has 0 aliphatic heterocycles. The molecule has 1 heterocycles. The Labute approximate surface area is 121 Å². The van der Waals surface area contributed by atoms with Crippen LogP contribution in [0.2, 0.25) is 0 Å². The van der Waals surface area contributed by atoms with Crippen LogP contribution in [0.4, 0.5) is 5.69 Å². The summed E-state index contributed by atoms with van der Waals surface area (Å²) in [6.45, 7) is 0. The van der Waals surface area contributed by atoms with Crippen molar-refractivity contribution in [3.63, 3.8) is 0 Å². The Morgan fingerprint density at radius 1 is 1.37 bits per heavy atom. The monoisotopic (exact) mass is 338 g/mol. The normalized spacial score (nSPS) is 10.2. The third-order valence-corrected chi connectivity index (χ3v) is 4.23. The molecule has 0 aliphatic carbocycles. The van der Waals surface area contributed by atoms with E-state index in [0.29, 0.717) is 16.2 Å². The molecule has 19 heavy (non-hydrogen) atoms. The number of carbonyl (C=O) groups is 1. The van der Waals surface area contributed by atoms with Gasteiger partial charge in [-0.15, -0.1) is 0 Å². The fraction of sp³-hybridized carbons (Fsp3) is 0. The van der Waals surface area contributed by atoms with Crippen LogP contribution in [-0.4, -0.2) is 16.2 Å². The molecule has 0 aliphatic rings. The zero-order valence-electron chi connectivity index (χ0n) is 9.45. The molecular weight excluding hydrogens is 332 g/mol. The number of halogens is 1. The van der Waals surface area contributed by atoms with Crippen LogP contribution in [0, 0.1) is 10.1 Å². The Kier molecular flexibility index (Phi) is 4.28. The molecule has 7 heteroatoms. The van der Waals surface area contributed by atoms with Gasteiger partial charge < -0.3 is 0 Å². The van der Waals surface area contributed by atoms with E-state index in [1.165, 1.54) is 17.8 Å². The van der Waals surface area contributed by atoms with E-state index >= 15 is 0 Å². The second-order valence-electron chi connectivity index (χ2n) is 3.49. The third-order valence-electron chi connectivity index (χ3n) is 2.25. The van der Waals surface area contributed by atoms with Crippen LogP contribution in [0.25, 0.3) is 0 Å². The van der Waals surface area contributed by atoms with Gasteiger partial charge in [-0.1, -0.05) is 17.8 Å². The molecule has 96 valence electrons. The molecule has 0 saturated carbocycles. The van der Waals surface area contributed by atoms with Gasteiger partial charge in [0.2, 0.25) is 0 Å². The maximum absolute atomic E-state index is 11.0. The lowest BCUT2D eigenvalue weighted by Gasteiger charge is -2.04. The number of pyridine rings is 1. The molecule has 0 saturated heterocycles. The van der Waals surface area contributed by atoms with E-state index in [0.717, 1.165) is 4.47 Å². The highest BCUT2D eigenvalue weighted by molar-refractivity contribution is 9.10. The Balaban J connectivity index is 2.43. The number of aldehydes is 1. The van der Waals surface area contributed by atoms with Crippen molar-refractivity contribution in [1.29, 1.82) is 0 Å². The fourth-order valence-electron chi connectivity index (χ4n) is 1.39. The van der Waals surface area contributed by atoms with Crippen LogP contribution in [0.5, 0.6) is 0 Å². The zero-order valence-corrected chi connectivity index (χ0v) is 11.8. The molecule has 0 N–H and O–H groups in total. The summed E-state index contributed by atoms with van der Waals surface area (Å²) in [6.07, 6.45) is 2.19. The van der Waals surface area contributed by atoms with Crippen LogP contribution in [0.15, 0.2) is 50.9 Å². The Morgan fingerprint density at radius 2 is 2.16 bits per heavy atom. The van der Waals surface area contributed by atoms with Gasteiger partial charge in [-0.2, -0.15) is 0 Å². The number of nitro groups is 1. The molecule has 0 radical (unpaired) electrons. The van der Waals surface area contributed by atoms with E-state index in [1.807, 2.05) is 0 Å². The van der Waals surface area contributed by atoms with E-state index in [-0.39, 0.29) is 11.3 Å². The van der Waals surface area contributed by atoms with Crippen LogP contribution in [-0.2, 0) is 0 Å². The molecule has 0 bridgehead atoms. The number of hydrogen-bond acceptors (Lipinski definition) is 5. The number of benzene rings is 1. The lowest BCUT2D eigenvalue weighted by Crippen LogP contribution is -1.93. The summed E-state index contributed by atoms with van der Waals surface area (Å²) in [6, 6.07) is 7.91. The molecular formula is C12H7BrN2O3S. The second-order valence-corrected chi connectivity index (χ2v) is 5.38. The number of aromatic nitrogens is 1. The Bertz CT molecular complexity index is 649. The van der Waals surface area contributed by atoms with Crippen molar-refractivity contribution < 1.29 is 9.72 Å². The zero-order chi connectivity index (χ0) is 13.8. The van der Waals surface area contributed by atoms with Gasteiger partial charge in [-0.3, -0.25) is 14.9 Å². The van der Waals surface area contributed by atoms with Gasteiger partial charge in [0, 0.05) is 17.8 Å². The number of rotatable bonds is 4. The number of hydrogen-bond donors (Lipinski definition) is 0. The minimum Gasteiger partial charge on any atom is -0.298 e. The maximum atomic E-state index is 11.0. The molecule has 1 aromatic heterocycles. The van der Waals surface area contributed by atoms with Crippen LogP contribution in [0.1, 0.15) is 10.4 Å². The van der Waals surface area contributed by atoms with Crippen molar-refractivity contribution in [2.75, 3.05) is 0 Å². The highest BCUT2D eigenvalue weighted by Crippen LogP contribution is 2.37. The minimum atomic E-state index is -0.508. The van der Waals surface area contributed by atoms with Crippen molar-refractivity contribution in [3.8, 4) is 0 Å². The molecule has 2 aromatic rings. The predicted molar refractivity (Wildman–Crippen MR) is 74.5 cm³/mol. The Morgan fingerprint density at radius 3 is 2.79 bits per heavy atom. The summed E-state index contributed by atoms with van der Waals surface area (Å²) >= 11 is 4.51. The number of carbonyl (C=O) groups excluding carboxylic acids is 1. The summed E-state index contributed by atoms with van der Waals surface area (Å²) in [5.41, 5.74) is 0.170. The SMILES string of the molecule is O=Cc1ccc(Sc2ncccc2Br)c([N+](=O)[O-])c1. The first-order chi connectivity index (χ1) is 9.11. The summed E-state index contributed by atoms with van der Waals surface area (Å²) in [5.74, 6) is 0. The minimum absolute atomic E-state index is 0.104. The van der Waals surface area contributed by atoms with Crippen molar-refractivity contribution in [3.05, 3.63) is 56.7 Å². The standard InChI is InChI=1S/C12H7BrN2O3S/c13-9-2-1-5-14-12(9)19-11-4-3-8(7-16)6-10(11)15(17)18/h1-7H. The molecule has 0 spiro atoms. The smallest absolute Gasteiger partial charge is 0.284 e. The lowest BCUT2D eigenvalue weighted by molar-refractivity contribution is -0.387. The lowest BCUT2D eigenvalue weighted by atomic mass is 10.2. The first-order valence-electron chi connectivity index (χ1n) is 5.14. The van der Waals surface area contributed by atoms with Gasteiger partial charge in [0.25, 0.3) is 5.69 Å². The van der Waals surface area contributed by atoms with Crippen molar-refractivity contribution in [1.82, 2.24) is 4.98 Å². The third kappa shape index (κ3) is 3.18. The number of nitrogens with zero attached hydrogens (tertiary/aromatic N) is 2. The highest BCUT2D eigenvalue weighted by atomic mass is 79.9. The van der Waals surface area contributed by atoms with Crippen LogP contribution in [0.3, 0.4) is 0 Å². The average Bonchev–Trinajstić information content (AvgIpc) is 2.41. The first-order valence-corrected chi connectivity index (χ1v) is 6.75. The second kappa shape index (κ2) is 5.94. The van der Waals surface area contributed by atoms with Gasteiger partial charge in [0.1, 0.15) is 11.3 Å². The molecule has 0 fully saturated rings. The highest BCUT2D eigenvalue weighted by Gasteiger charge is 2.17. The molecule has 0 unspecified atom stereocenters. The largest absolute Gasteiger partial charge is 0.298 e. The van der Waals surface area contributed by atoms with Crippen molar-refractivity contribution >= 4 is 39.7 Å². The Hall–Kier alpha value is -1.73. The van der Waals surface area contributed by atoms with Gasteiger partial charge in [0.15, 0.2) is 0 Å². The van der Waals surface area contributed by atoms with E-state index in [2.05, 4.69) is 20.9 Å². The molecule has 0 amide bonds. The summed E-state index contributed by atoms with van der Waals surface area (Å²) < 4.78 is 0.758. The number of nitro benzene ring substituents is 1. The molecule has 2 rings (SSSR count). The van der Waals surface area contributed by atoms with Gasteiger partial charge >= 0.3 is 0 Å². The van der Waals surface area contributed by atoms with E-state index in [1.54, 1.807) is 30.5 Å². The van der Waals surface area contributed by atoms with E-state index in [9.17, 15) is 14.9 Å². The summed E-state index contributed by atoms with van der Waals surface area (Å²) in [7, 11) is 0. The van der Waals surface area contributed by atoms with Crippen LogP contribution >= 0.6 is 27.7 Å². The summed E-state index contributed by atoms with van der Waals surface area (Å²) in [5, 5.41) is 11.6. The van der Waals surface area contributed by atoms with Gasteiger partial charge in [-0.25, -0.2) is 4.98 Å². The fourth-order valence-corrected chi connectivity index (χ4v) is 2.75. The molecule has 1 aromatic carbocycles. The van der Waals surface area contributed by atoms with E-state index < -0.39 is 4.92 Å². The topological polar surface area (TPSA) is 73.1 Å². The predicted octanol–water partition coefficient (Wildman–Crippen LogP) is 3.72. The van der Waals surface area contributed by atoms with Gasteiger partial charge in [0.05, 0.1) is 14.3 Å². The molecule has 0 atom stereocenters. The molecule has 5 nitrogen and oxygen atoms in total. The first kappa shape index (κ1) is 13.7. The van der Waals surface area contributed by atoms with Crippen molar-refractivity contribution in [2.24, 2.45) is 0 Å². The van der Waals surface area contributed by atoms with E-state index in [4.69, 9.17) is 0 Å². The van der Waals surface area contributed by atoms with Crippen molar-refractivity contribution in [2.45, 2.75) is 9.92 Å². The average molecular weight is 339 g/mol. The maximum Gasteiger partial charge on any atom is 0.284 e. The quantitative estimate of drug-likeness (QED) is 0.482. The summed E-state index contributed by atoms with van der Waals surface area (Å²) in [4.78, 5) is 25.7.